The van der Waals surface area contributed by atoms with E-state index in [1.165, 1.54) is 6.42 Å². The van der Waals surface area contributed by atoms with Crippen LogP contribution in [0.3, 0.4) is 0 Å². The molecule has 0 radical (unpaired) electrons. The summed E-state index contributed by atoms with van der Waals surface area (Å²) in [7, 11) is 5.73. The lowest BCUT2D eigenvalue weighted by Gasteiger charge is -2.39. The number of methoxy groups -OCH3 is 1. The molecule has 1 fully saturated rings. The zero-order chi connectivity index (χ0) is 15.6. The zero-order valence-corrected chi connectivity index (χ0v) is 14.0. The van der Waals surface area contributed by atoms with Crippen LogP contribution in [0.4, 0.5) is 0 Å². The van der Waals surface area contributed by atoms with Gasteiger partial charge in [0.25, 0.3) is 0 Å². The standard InChI is InChI=1S/C16H29N3O2/c1-12-8-13(2)10-16(20,9-12)15-14(21-5)11-17-19(15)7-6-18(3)4/h11-13,20H,6-10H2,1-5H3. The van der Waals surface area contributed by atoms with Crippen molar-refractivity contribution in [3.63, 3.8) is 0 Å². The van der Waals surface area contributed by atoms with Crippen molar-refractivity contribution >= 4 is 0 Å². The third-order valence-corrected chi connectivity index (χ3v) is 4.40. The molecule has 1 aromatic rings. The van der Waals surface area contributed by atoms with Crippen molar-refractivity contribution in [2.45, 2.75) is 45.3 Å². The van der Waals surface area contributed by atoms with Crippen molar-refractivity contribution in [2.24, 2.45) is 11.8 Å². The first kappa shape index (κ1) is 16.3. The summed E-state index contributed by atoms with van der Waals surface area (Å²) in [6.07, 6.45) is 4.46. The van der Waals surface area contributed by atoms with Gasteiger partial charge >= 0.3 is 0 Å². The number of hydrogen-bond donors (Lipinski definition) is 1. The summed E-state index contributed by atoms with van der Waals surface area (Å²) in [6, 6.07) is 0. The van der Waals surface area contributed by atoms with E-state index in [9.17, 15) is 5.11 Å². The smallest absolute Gasteiger partial charge is 0.162 e. The Labute approximate surface area is 127 Å². The first-order chi connectivity index (χ1) is 9.85. The van der Waals surface area contributed by atoms with Gasteiger partial charge in [-0.1, -0.05) is 13.8 Å². The molecule has 2 rings (SSSR count). The monoisotopic (exact) mass is 295 g/mol. The van der Waals surface area contributed by atoms with E-state index in [0.29, 0.717) is 17.6 Å². The molecule has 0 bridgehead atoms. The zero-order valence-electron chi connectivity index (χ0n) is 14.0. The average molecular weight is 295 g/mol. The highest BCUT2D eigenvalue weighted by Gasteiger charge is 2.42. The number of ether oxygens (including phenoxy) is 1. The van der Waals surface area contributed by atoms with Gasteiger partial charge in [-0.05, 0) is 45.2 Å². The fourth-order valence-electron chi connectivity index (χ4n) is 3.73. The number of aliphatic hydroxyl groups is 1. The van der Waals surface area contributed by atoms with E-state index in [2.05, 4.69) is 23.8 Å². The summed E-state index contributed by atoms with van der Waals surface area (Å²) >= 11 is 0. The summed E-state index contributed by atoms with van der Waals surface area (Å²) < 4.78 is 7.39. The van der Waals surface area contributed by atoms with Crippen LogP contribution < -0.4 is 4.74 Å². The molecule has 5 nitrogen and oxygen atoms in total. The third-order valence-electron chi connectivity index (χ3n) is 4.40. The van der Waals surface area contributed by atoms with Gasteiger partial charge in [-0.3, -0.25) is 4.68 Å². The van der Waals surface area contributed by atoms with E-state index in [4.69, 9.17) is 4.74 Å². The molecule has 0 aliphatic heterocycles. The van der Waals surface area contributed by atoms with Crippen LogP contribution in [0, 0.1) is 11.8 Å². The van der Waals surface area contributed by atoms with E-state index in [0.717, 1.165) is 31.6 Å². The number of aromatic nitrogens is 2. The molecule has 0 saturated heterocycles. The molecule has 0 amide bonds. The van der Waals surface area contributed by atoms with E-state index in [1.807, 2.05) is 18.8 Å². The Morgan fingerprint density at radius 1 is 1.38 bits per heavy atom. The fourth-order valence-corrected chi connectivity index (χ4v) is 3.73. The molecular formula is C16H29N3O2. The quantitative estimate of drug-likeness (QED) is 0.904. The second kappa shape index (κ2) is 6.36. The van der Waals surface area contributed by atoms with Crippen LogP contribution in [0.15, 0.2) is 6.20 Å². The number of likely N-dealkylation sites (N-methyl/N-ethyl adjacent to an activating group) is 1. The molecule has 2 unspecified atom stereocenters. The Kier molecular flexibility index (Phi) is 4.94. The van der Waals surface area contributed by atoms with Crippen LogP contribution in [0.2, 0.25) is 0 Å². The van der Waals surface area contributed by atoms with E-state index in [-0.39, 0.29) is 0 Å². The lowest BCUT2D eigenvalue weighted by molar-refractivity contribution is -0.0448. The lowest BCUT2D eigenvalue weighted by Crippen LogP contribution is -2.38. The van der Waals surface area contributed by atoms with Crippen LogP contribution in [0.5, 0.6) is 5.75 Å². The second-order valence-electron chi connectivity index (χ2n) is 6.97. The van der Waals surface area contributed by atoms with Crippen molar-refractivity contribution in [3.05, 3.63) is 11.9 Å². The van der Waals surface area contributed by atoms with Gasteiger partial charge in [0.05, 0.1) is 19.9 Å². The molecule has 0 spiro atoms. The SMILES string of the molecule is COc1cnn(CCN(C)C)c1C1(O)CC(C)CC(C)C1. The van der Waals surface area contributed by atoms with Crippen molar-refractivity contribution in [1.82, 2.24) is 14.7 Å². The summed E-state index contributed by atoms with van der Waals surface area (Å²) in [6.45, 7) is 6.08. The molecule has 1 aliphatic carbocycles. The highest BCUT2D eigenvalue weighted by atomic mass is 16.5. The van der Waals surface area contributed by atoms with Crippen LogP contribution >= 0.6 is 0 Å². The fraction of sp³-hybridized carbons (Fsp3) is 0.812. The third kappa shape index (κ3) is 3.58. The molecular weight excluding hydrogens is 266 g/mol. The van der Waals surface area contributed by atoms with E-state index in [1.54, 1.807) is 13.3 Å². The molecule has 1 heterocycles. The molecule has 5 heteroatoms. The van der Waals surface area contributed by atoms with Gasteiger partial charge in [-0.25, -0.2) is 0 Å². The number of nitrogens with zero attached hydrogens (tertiary/aromatic N) is 3. The predicted molar refractivity (Wildman–Crippen MR) is 83.4 cm³/mol. The van der Waals surface area contributed by atoms with Crippen molar-refractivity contribution in [3.8, 4) is 5.75 Å². The molecule has 2 atom stereocenters. The van der Waals surface area contributed by atoms with Gasteiger partial charge in [-0.2, -0.15) is 5.10 Å². The largest absolute Gasteiger partial charge is 0.493 e. The Hall–Kier alpha value is -1.07. The average Bonchev–Trinajstić information content (AvgIpc) is 2.78. The Morgan fingerprint density at radius 3 is 2.52 bits per heavy atom. The summed E-state index contributed by atoms with van der Waals surface area (Å²) in [5.41, 5.74) is 0.0239. The minimum atomic E-state index is -0.828. The Balaban J connectivity index is 2.33. The normalized spacial score (nSPS) is 29.9. The molecule has 120 valence electrons. The molecule has 21 heavy (non-hydrogen) atoms. The molecule has 1 N–H and O–H groups in total. The number of rotatable bonds is 5. The molecule has 1 saturated carbocycles. The van der Waals surface area contributed by atoms with Crippen molar-refractivity contribution in [2.75, 3.05) is 27.7 Å². The topological polar surface area (TPSA) is 50.5 Å². The minimum Gasteiger partial charge on any atom is -0.493 e. The van der Waals surface area contributed by atoms with Crippen molar-refractivity contribution < 1.29 is 9.84 Å². The van der Waals surface area contributed by atoms with Gasteiger partial charge in [0.1, 0.15) is 11.3 Å². The van der Waals surface area contributed by atoms with Gasteiger partial charge in [0, 0.05) is 6.54 Å². The minimum absolute atomic E-state index is 0.514. The summed E-state index contributed by atoms with van der Waals surface area (Å²) in [5.74, 6) is 1.74. The first-order valence-electron chi connectivity index (χ1n) is 7.83. The van der Waals surface area contributed by atoms with Crippen molar-refractivity contribution in [1.29, 1.82) is 0 Å². The summed E-state index contributed by atoms with van der Waals surface area (Å²) in [5, 5.41) is 15.7. The van der Waals surface area contributed by atoms with Gasteiger partial charge in [-0.15, -0.1) is 0 Å². The maximum absolute atomic E-state index is 11.3. The van der Waals surface area contributed by atoms with Crippen LogP contribution in [-0.2, 0) is 12.1 Å². The highest BCUT2D eigenvalue weighted by molar-refractivity contribution is 5.31. The van der Waals surface area contributed by atoms with E-state index >= 15 is 0 Å². The van der Waals surface area contributed by atoms with Gasteiger partial charge in [0.2, 0.25) is 0 Å². The van der Waals surface area contributed by atoms with Crippen LogP contribution in [-0.4, -0.2) is 47.5 Å². The predicted octanol–water partition coefficient (Wildman–Crippen LogP) is 2.10. The number of hydrogen-bond acceptors (Lipinski definition) is 4. The molecule has 1 aromatic heterocycles. The van der Waals surface area contributed by atoms with Crippen LogP contribution in [0.25, 0.3) is 0 Å². The van der Waals surface area contributed by atoms with E-state index < -0.39 is 5.60 Å². The molecule has 1 aliphatic rings. The van der Waals surface area contributed by atoms with Gasteiger partial charge < -0.3 is 14.7 Å². The second-order valence-corrected chi connectivity index (χ2v) is 6.97. The lowest BCUT2D eigenvalue weighted by atomic mass is 9.72. The summed E-state index contributed by atoms with van der Waals surface area (Å²) in [4.78, 5) is 2.12. The highest BCUT2D eigenvalue weighted by Crippen LogP contribution is 2.45. The first-order valence-corrected chi connectivity index (χ1v) is 7.83. The maximum atomic E-state index is 11.3. The maximum Gasteiger partial charge on any atom is 0.162 e. The van der Waals surface area contributed by atoms with Crippen LogP contribution in [0.1, 0.15) is 38.8 Å². The Bertz CT molecular complexity index is 460. The van der Waals surface area contributed by atoms with Gasteiger partial charge in [0.15, 0.2) is 5.75 Å². The Morgan fingerprint density at radius 2 is 2.00 bits per heavy atom. The molecule has 0 aromatic carbocycles.